The van der Waals surface area contributed by atoms with Gasteiger partial charge in [0.25, 0.3) is 11.8 Å². The Kier molecular flexibility index (Phi) is 7.06. The number of anilines is 1. The first-order valence-corrected chi connectivity index (χ1v) is 10.2. The Hall–Kier alpha value is -3.35. The molecule has 1 heterocycles. The van der Waals surface area contributed by atoms with Crippen LogP contribution in [-0.2, 0) is 9.59 Å². The number of carbonyl (C=O) groups is 3. The maximum Gasteiger partial charge on any atom is 0.262 e. The number of fused-ring (bicyclic) bond motifs is 1. The summed E-state index contributed by atoms with van der Waals surface area (Å²) in [6.07, 6.45) is 0.171. The van der Waals surface area contributed by atoms with Gasteiger partial charge >= 0.3 is 0 Å². The van der Waals surface area contributed by atoms with E-state index in [2.05, 4.69) is 10.6 Å². The van der Waals surface area contributed by atoms with E-state index in [4.69, 9.17) is 4.74 Å². The molecule has 0 unspecified atom stereocenters. The fraction of sp³-hybridized carbons (Fsp3) is 0.348. The van der Waals surface area contributed by atoms with E-state index in [1.165, 1.54) is 0 Å². The summed E-state index contributed by atoms with van der Waals surface area (Å²) in [6, 6.07) is 14.5. The molecule has 0 fully saturated rings. The molecule has 3 amide bonds. The summed E-state index contributed by atoms with van der Waals surface area (Å²) in [4.78, 5) is 39.2. The van der Waals surface area contributed by atoms with Crippen LogP contribution in [0.4, 0.5) is 5.69 Å². The Morgan fingerprint density at radius 1 is 1.03 bits per heavy atom. The van der Waals surface area contributed by atoms with Crippen LogP contribution in [0.1, 0.15) is 35.7 Å². The molecule has 158 valence electrons. The number of rotatable bonds is 7. The minimum atomic E-state index is -0.767. The van der Waals surface area contributed by atoms with Crippen molar-refractivity contribution in [3.63, 3.8) is 0 Å². The largest absolute Gasteiger partial charge is 0.477 e. The van der Waals surface area contributed by atoms with Crippen molar-refractivity contribution in [3.8, 4) is 5.75 Å². The molecular formula is C23H27N3O4. The molecule has 0 radical (unpaired) electrons. The van der Waals surface area contributed by atoms with E-state index in [-0.39, 0.29) is 37.2 Å². The van der Waals surface area contributed by atoms with Crippen LogP contribution in [-0.4, -0.2) is 43.5 Å². The molecule has 1 atom stereocenters. The second-order valence-corrected chi connectivity index (χ2v) is 7.19. The van der Waals surface area contributed by atoms with Crippen molar-refractivity contribution in [1.29, 1.82) is 0 Å². The van der Waals surface area contributed by atoms with Crippen LogP contribution in [0.15, 0.2) is 48.5 Å². The van der Waals surface area contributed by atoms with E-state index in [1.54, 1.807) is 29.2 Å². The van der Waals surface area contributed by atoms with Crippen molar-refractivity contribution in [1.82, 2.24) is 10.6 Å². The third-order valence-electron chi connectivity index (χ3n) is 4.93. The molecule has 7 nitrogen and oxygen atoms in total. The Bertz CT molecular complexity index is 928. The van der Waals surface area contributed by atoms with E-state index in [0.717, 1.165) is 12.0 Å². The van der Waals surface area contributed by atoms with Crippen LogP contribution in [0.25, 0.3) is 0 Å². The number of hydrogen-bond acceptors (Lipinski definition) is 4. The van der Waals surface area contributed by atoms with Crippen LogP contribution in [0.3, 0.4) is 0 Å². The number of carbonyl (C=O) groups excluding carboxylic acids is 3. The van der Waals surface area contributed by atoms with Crippen LogP contribution >= 0.6 is 0 Å². The minimum Gasteiger partial charge on any atom is -0.477 e. The van der Waals surface area contributed by atoms with E-state index < -0.39 is 6.10 Å². The molecule has 2 aromatic carbocycles. The molecule has 1 aliphatic rings. The molecule has 0 spiro atoms. The van der Waals surface area contributed by atoms with Crippen molar-refractivity contribution in [2.24, 2.45) is 0 Å². The third-order valence-corrected chi connectivity index (χ3v) is 4.93. The van der Waals surface area contributed by atoms with Gasteiger partial charge in [-0.2, -0.15) is 0 Å². The predicted octanol–water partition coefficient (Wildman–Crippen LogP) is 2.44. The Labute approximate surface area is 176 Å². The number of benzene rings is 2. The van der Waals surface area contributed by atoms with Crippen molar-refractivity contribution in [2.45, 2.75) is 32.8 Å². The van der Waals surface area contributed by atoms with Gasteiger partial charge in [0, 0.05) is 25.1 Å². The average Bonchev–Trinajstić information content (AvgIpc) is 2.76. The van der Waals surface area contributed by atoms with Crippen LogP contribution in [0.2, 0.25) is 0 Å². The number of para-hydroxylation sites is 2. The fourth-order valence-electron chi connectivity index (χ4n) is 3.31. The fourth-order valence-corrected chi connectivity index (χ4v) is 3.31. The van der Waals surface area contributed by atoms with Crippen LogP contribution in [0, 0.1) is 6.92 Å². The maximum absolute atomic E-state index is 12.9. The summed E-state index contributed by atoms with van der Waals surface area (Å²) >= 11 is 0. The highest BCUT2D eigenvalue weighted by Gasteiger charge is 2.33. The van der Waals surface area contributed by atoms with Crippen molar-refractivity contribution >= 4 is 23.4 Å². The summed E-state index contributed by atoms with van der Waals surface area (Å²) in [7, 11) is 0. The topological polar surface area (TPSA) is 87.7 Å². The molecule has 7 heteroatoms. The molecule has 1 aliphatic heterocycles. The van der Waals surface area contributed by atoms with Crippen molar-refractivity contribution in [3.05, 3.63) is 59.7 Å². The zero-order valence-electron chi connectivity index (χ0n) is 17.3. The van der Waals surface area contributed by atoms with Gasteiger partial charge in [-0.05, 0) is 37.1 Å². The van der Waals surface area contributed by atoms with Gasteiger partial charge in [-0.1, -0.05) is 37.3 Å². The number of nitrogens with one attached hydrogen (secondary N) is 2. The number of hydrogen-bond donors (Lipinski definition) is 2. The lowest BCUT2D eigenvalue weighted by molar-refractivity contribution is -0.128. The van der Waals surface area contributed by atoms with Crippen LogP contribution < -0.4 is 20.3 Å². The summed E-state index contributed by atoms with van der Waals surface area (Å²) < 4.78 is 5.81. The van der Waals surface area contributed by atoms with Gasteiger partial charge in [0.15, 0.2) is 6.10 Å². The van der Waals surface area contributed by atoms with Gasteiger partial charge in [0.2, 0.25) is 5.91 Å². The van der Waals surface area contributed by atoms with Gasteiger partial charge in [-0.25, -0.2) is 0 Å². The number of nitrogens with zero attached hydrogens (tertiary/aromatic N) is 1. The Morgan fingerprint density at radius 2 is 1.77 bits per heavy atom. The van der Waals surface area contributed by atoms with E-state index in [0.29, 0.717) is 23.5 Å². The SMILES string of the molecule is CCCNC(=O)[C@@H]1CN(C(=O)CCNC(=O)c2ccccc2C)c2ccccc2O1. The molecular weight excluding hydrogens is 382 g/mol. The highest BCUT2D eigenvalue weighted by Crippen LogP contribution is 2.33. The summed E-state index contributed by atoms with van der Waals surface area (Å²) in [5.74, 6) is -0.126. The monoisotopic (exact) mass is 409 g/mol. The lowest BCUT2D eigenvalue weighted by Crippen LogP contribution is -2.51. The number of ether oxygens (including phenoxy) is 1. The quantitative estimate of drug-likeness (QED) is 0.735. The maximum atomic E-state index is 12.9. The molecule has 0 aromatic heterocycles. The van der Waals surface area contributed by atoms with Crippen LogP contribution in [0.5, 0.6) is 5.75 Å². The van der Waals surface area contributed by atoms with E-state index >= 15 is 0 Å². The van der Waals surface area contributed by atoms with Gasteiger partial charge in [0.1, 0.15) is 5.75 Å². The van der Waals surface area contributed by atoms with Gasteiger partial charge in [-0.15, -0.1) is 0 Å². The summed E-state index contributed by atoms with van der Waals surface area (Å²) in [5, 5.41) is 5.61. The molecule has 3 rings (SSSR count). The molecule has 0 saturated carbocycles. The summed E-state index contributed by atoms with van der Waals surface area (Å²) in [5.41, 5.74) is 2.10. The highest BCUT2D eigenvalue weighted by atomic mass is 16.5. The van der Waals surface area contributed by atoms with E-state index in [1.807, 2.05) is 38.1 Å². The first-order valence-electron chi connectivity index (χ1n) is 10.2. The Morgan fingerprint density at radius 3 is 2.53 bits per heavy atom. The number of amides is 3. The lowest BCUT2D eigenvalue weighted by atomic mass is 10.1. The second-order valence-electron chi connectivity index (χ2n) is 7.19. The number of aryl methyl sites for hydroxylation is 1. The van der Waals surface area contributed by atoms with Gasteiger partial charge in [-0.3, -0.25) is 14.4 Å². The molecule has 0 saturated heterocycles. The van der Waals surface area contributed by atoms with E-state index in [9.17, 15) is 14.4 Å². The third kappa shape index (κ3) is 4.97. The lowest BCUT2D eigenvalue weighted by Gasteiger charge is -2.34. The second kappa shape index (κ2) is 9.91. The minimum absolute atomic E-state index is 0.120. The molecule has 2 aromatic rings. The Balaban J connectivity index is 1.64. The van der Waals surface area contributed by atoms with Gasteiger partial charge in [0.05, 0.1) is 12.2 Å². The molecule has 0 bridgehead atoms. The molecule has 30 heavy (non-hydrogen) atoms. The zero-order valence-corrected chi connectivity index (χ0v) is 17.3. The molecule has 0 aliphatic carbocycles. The standard InChI is InChI=1S/C23H27N3O4/c1-3-13-24-23(29)20-15-26(18-10-6-7-11-19(18)30-20)21(27)12-14-25-22(28)17-9-5-4-8-16(17)2/h4-11,20H,3,12-15H2,1-2H3,(H,24,29)(H,25,28)/t20-/m0/s1. The first kappa shape index (κ1) is 21.4. The smallest absolute Gasteiger partial charge is 0.262 e. The van der Waals surface area contributed by atoms with Gasteiger partial charge < -0.3 is 20.3 Å². The average molecular weight is 409 g/mol. The summed E-state index contributed by atoms with van der Waals surface area (Å²) in [6.45, 7) is 4.74. The van der Waals surface area contributed by atoms with Crippen molar-refractivity contribution in [2.75, 3.05) is 24.5 Å². The zero-order chi connectivity index (χ0) is 21.5. The highest BCUT2D eigenvalue weighted by molar-refractivity contribution is 5.98. The first-order chi connectivity index (χ1) is 14.5. The normalized spacial score (nSPS) is 15.0. The molecule has 2 N–H and O–H groups in total. The van der Waals surface area contributed by atoms with Crippen molar-refractivity contribution < 1.29 is 19.1 Å². The predicted molar refractivity (Wildman–Crippen MR) is 115 cm³/mol.